The second kappa shape index (κ2) is 6.73. The van der Waals surface area contributed by atoms with Gasteiger partial charge in [-0.05, 0) is 53.1 Å². The van der Waals surface area contributed by atoms with Crippen molar-refractivity contribution in [3.63, 3.8) is 0 Å². The van der Waals surface area contributed by atoms with E-state index in [1.807, 2.05) is 6.26 Å². The number of anilines is 1. The van der Waals surface area contributed by atoms with Gasteiger partial charge in [-0.3, -0.25) is 19.6 Å². The molecule has 2 N–H and O–H groups in total. The van der Waals surface area contributed by atoms with Crippen molar-refractivity contribution in [3.05, 3.63) is 53.6 Å². The maximum Gasteiger partial charge on any atom is 0.261 e. The summed E-state index contributed by atoms with van der Waals surface area (Å²) in [5.41, 5.74) is 1.05. The summed E-state index contributed by atoms with van der Waals surface area (Å²) in [6.45, 7) is 0. The normalized spacial score (nSPS) is 13.3. The number of aromatic nitrogens is 4. The summed E-state index contributed by atoms with van der Waals surface area (Å²) in [6.07, 6.45) is 1.82. The first-order valence-electron chi connectivity index (χ1n) is 7.84. The van der Waals surface area contributed by atoms with Crippen LogP contribution in [0.1, 0.15) is 20.7 Å². The third-order valence-electron chi connectivity index (χ3n) is 3.98. The van der Waals surface area contributed by atoms with Crippen LogP contribution in [-0.2, 0) is 10.0 Å². The highest BCUT2D eigenvalue weighted by atomic mass is 32.2. The fraction of sp³-hybridized carbons (Fsp3) is 0.0625. The zero-order valence-electron chi connectivity index (χ0n) is 14.3. The van der Waals surface area contributed by atoms with E-state index in [0.717, 1.165) is 0 Å². The lowest BCUT2D eigenvalue weighted by atomic mass is 10.1. The molecule has 3 aromatic rings. The van der Waals surface area contributed by atoms with Gasteiger partial charge in [0, 0.05) is 0 Å². The van der Waals surface area contributed by atoms with Crippen LogP contribution in [0.2, 0.25) is 0 Å². The van der Waals surface area contributed by atoms with E-state index in [4.69, 9.17) is 0 Å². The van der Waals surface area contributed by atoms with E-state index in [-0.39, 0.29) is 16.0 Å². The van der Waals surface area contributed by atoms with Gasteiger partial charge in [-0.25, -0.2) is 8.42 Å². The maximum absolute atomic E-state index is 12.7. The van der Waals surface area contributed by atoms with Gasteiger partial charge in [-0.2, -0.15) is 4.68 Å². The van der Waals surface area contributed by atoms with Gasteiger partial charge in [-0.15, -0.1) is 5.10 Å². The molecule has 0 fully saturated rings. The van der Waals surface area contributed by atoms with E-state index >= 15 is 0 Å². The number of rotatable bonds is 5. The van der Waals surface area contributed by atoms with Crippen molar-refractivity contribution >= 4 is 39.3 Å². The Hall–Kier alpha value is -3.25. The minimum absolute atomic E-state index is 0.0277. The van der Waals surface area contributed by atoms with Gasteiger partial charge in [0.05, 0.1) is 27.4 Å². The van der Waals surface area contributed by atoms with Crippen LogP contribution >= 0.6 is 11.8 Å². The summed E-state index contributed by atoms with van der Waals surface area (Å²) in [5, 5.41) is 14.0. The molecule has 1 aromatic heterocycles. The zero-order valence-corrected chi connectivity index (χ0v) is 15.9. The largest absolute Gasteiger partial charge is 0.288 e. The highest BCUT2D eigenvalue weighted by Gasteiger charge is 2.28. The lowest BCUT2D eigenvalue weighted by Gasteiger charge is -2.10. The van der Waals surface area contributed by atoms with Gasteiger partial charge in [0.1, 0.15) is 0 Å². The molecule has 0 radical (unpaired) electrons. The molecule has 2 aromatic carbocycles. The van der Waals surface area contributed by atoms with Gasteiger partial charge in [-0.1, -0.05) is 17.8 Å². The number of imide groups is 1. The molecule has 0 atom stereocenters. The molecule has 0 bridgehead atoms. The molecule has 0 aliphatic carbocycles. The first kappa shape index (κ1) is 18.1. The van der Waals surface area contributed by atoms with Crippen molar-refractivity contribution in [1.82, 2.24) is 25.5 Å². The van der Waals surface area contributed by atoms with Crippen LogP contribution in [-0.4, -0.2) is 46.7 Å². The first-order valence-corrected chi connectivity index (χ1v) is 10.6. The molecule has 142 valence electrons. The topological polar surface area (TPSA) is 136 Å². The Kier molecular flexibility index (Phi) is 4.35. The highest BCUT2D eigenvalue weighted by molar-refractivity contribution is 7.98. The van der Waals surface area contributed by atoms with E-state index in [1.54, 1.807) is 24.3 Å². The van der Waals surface area contributed by atoms with E-state index in [1.165, 1.54) is 34.6 Å². The molecule has 0 unspecified atom stereocenters. The number of thioether (sulfide) groups is 1. The SMILES string of the molecule is CSc1nnnn1-c1cccc(NS(=O)(=O)c2ccc3c(c2)C(=O)NC3=O)c1. The van der Waals surface area contributed by atoms with Crippen molar-refractivity contribution in [2.75, 3.05) is 11.0 Å². The Morgan fingerprint density at radius 3 is 2.64 bits per heavy atom. The van der Waals surface area contributed by atoms with Gasteiger partial charge in [0.15, 0.2) is 0 Å². The molecular formula is C16H12N6O4S2. The predicted octanol–water partition coefficient (Wildman–Crippen LogP) is 1.07. The van der Waals surface area contributed by atoms with Crippen molar-refractivity contribution in [1.29, 1.82) is 0 Å². The number of nitrogens with one attached hydrogen (secondary N) is 2. The Morgan fingerprint density at radius 2 is 1.86 bits per heavy atom. The van der Waals surface area contributed by atoms with E-state index < -0.39 is 21.8 Å². The third-order valence-corrected chi connectivity index (χ3v) is 5.98. The molecule has 2 heterocycles. The van der Waals surface area contributed by atoms with Crippen LogP contribution in [0.5, 0.6) is 0 Å². The second-order valence-corrected chi connectivity index (χ2v) is 8.18. The predicted molar refractivity (Wildman–Crippen MR) is 100.0 cm³/mol. The standard InChI is InChI=1S/C16H12N6O4S2/c1-27-16-18-20-21-22(16)10-4-2-3-9(7-10)19-28(25,26)11-5-6-12-13(8-11)15(24)17-14(12)23/h2-8,19H,1H3,(H,17,23,24). The molecule has 1 aliphatic rings. The summed E-state index contributed by atoms with van der Waals surface area (Å²) in [4.78, 5) is 23.3. The smallest absolute Gasteiger partial charge is 0.261 e. The average Bonchev–Trinajstić information content (AvgIpc) is 3.26. The molecule has 0 saturated carbocycles. The summed E-state index contributed by atoms with van der Waals surface area (Å²) in [6, 6.07) is 10.3. The number of amides is 2. The van der Waals surface area contributed by atoms with Crippen LogP contribution in [0.3, 0.4) is 0 Å². The average molecular weight is 416 g/mol. The Morgan fingerprint density at radius 1 is 1.07 bits per heavy atom. The Labute approximate surface area is 163 Å². The van der Waals surface area contributed by atoms with Crippen molar-refractivity contribution in [3.8, 4) is 5.69 Å². The van der Waals surface area contributed by atoms with Crippen molar-refractivity contribution < 1.29 is 18.0 Å². The quantitative estimate of drug-likeness (QED) is 0.466. The number of sulfonamides is 1. The van der Waals surface area contributed by atoms with E-state index in [0.29, 0.717) is 16.5 Å². The molecular weight excluding hydrogens is 404 g/mol. The number of fused-ring (bicyclic) bond motifs is 1. The van der Waals surface area contributed by atoms with Gasteiger partial charge < -0.3 is 0 Å². The maximum atomic E-state index is 12.7. The molecule has 2 amide bonds. The molecule has 0 spiro atoms. The summed E-state index contributed by atoms with van der Waals surface area (Å²) >= 11 is 1.35. The van der Waals surface area contributed by atoms with Crippen LogP contribution in [0.15, 0.2) is 52.5 Å². The first-order chi connectivity index (χ1) is 13.4. The Bertz CT molecular complexity index is 1220. The monoisotopic (exact) mass is 416 g/mol. The van der Waals surface area contributed by atoms with Crippen LogP contribution in [0.4, 0.5) is 5.69 Å². The number of tetrazole rings is 1. The van der Waals surface area contributed by atoms with Crippen LogP contribution in [0, 0.1) is 0 Å². The highest BCUT2D eigenvalue weighted by Crippen LogP contribution is 2.24. The fourth-order valence-electron chi connectivity index (χ4n) is 2.70. The zero-order chi connectivity index (χ0) is 19.9. The number of hydrogen-bond acceptors (Lipinski definition) is 8. The van der Waals surface area contributed by atoms with Crippen molar-refractivity contribution in [2.45, 2.75) is 10.1 Å². The lowest BCUT2D eigenvalue weighted by Crippen LogP contribution is -2.19. The van der Waals surface area contributed by atoms with Gasteiger partial charge in [0.2, 0.25) is 5.16 Å². The number of nitrogens with zero attached hydrogens (tertiary/aromatic N) is 4. The molecule has 28 heavy (non-hydrogen) atoms. The van der Waals surface area contributed by atoms with Gasteiger partial charge in [0.25, 0.3) is 21.8 Å². The minimum atomic E-state index is -3.98. The number of benzene rings is 2. The second-order valence-electron chi connectivity index (χ2n) is 5.72. The molecule has 0 saturated heterocycles. The summed E-state index contributed by atoms with van der Waals surface area (Å²) in [7, 11) is -3.98. The summed E-state index contributed by atoms with van der Waals surface area (Å²) in [5.74, 6) is -1.17. The van der Waals surface area contributed by atoms with Crippen LogP contribution < -0.4 is 10.0 Å². The van der Waals surface area contributed by atoms with Gasteiger partial charge >= 0.3 is 0 Å². The molecule has 12 heteroatoms. The lowest BCUT2D eigenvalue weighted by molar-refractivity contribution is 0.0879. The molecule has 10 nitrogen and oxygen atoms in total. The number of hydrogen-bond donors (Lipinski definition) is 2. The number of carbonyl (C=O) groups excluding carboxylic acids is 2. The Balaban J connectivity index is 1.66. The van der Waals surface area contributed by atoms with Crippen molar-refractivity contribution in [2.24, 2.45) is 0 Å². The van der Waals surface area contributed by atoms with E-state index in [2.05, 4.69) is 25.6 Å². The molecule has 4 rings (SSSR count). The van der Waals surface area contributed by atoms with E-state index in [9.17, 15) is 18.0 Å². The fourth-order valence-corrected chi connectivity index (χ4v) is 4.21. The number of carbonyl (C=O) groups is 2. The third kappa shape index (κ3) is 3.12. The minimum Gasteiger partial charge on any atom is -0.288 e. The van der Waals surface area contributed by atoms with Crippen LogP contribution in [0.25, 0.3) is 5.69 Å². The summed E-state index contributed by atoms with van der Waals surface area (Å²) < 4.78 is 29.4. The molecule has 1 aliphatic heterocycles.